The van der Waals surface area contributed by atoms with Crippen LogP contribution in [0.1, 0.15) is 26.7 Å². The predicted octanol–water partition coefficient (Wildman–Crippen LogP) is 0.342. The third kappa shape index (κ3) is 4.50. The van der Waals surface area contributed by atoms with E-state index in [4.69, 9.17) is 0 Å². The number of piperidine rings is 1. The molecule has 0 spiro atoms. The molecule has 1 heterocycles. The fourth-order valence-electron chi connectivity index (χ4n) is 2.35. The molecule has 1 aliphatic rings. The summed E-state index contributed by atoms with van der Waals surface area (Å²) in [6, 6.07) is 0.180. The van der Waals surface area contributed by atoms with Crippen LogP contribution in [-0.4, -0.2) is 69.2 Å². The Morgan fingerprint density at radius 2 is 1.89 bits per heavy atom. The molecule has 0 bridgehead atoms. The topological polar surface area (TPSA) is 52.7 Å². The van der Waals surface area contributed by atoms with Gasteiger partial charge in [-0.2, -0.15) is 0 Å². The van der Waals surface area contributed by atoms with E-state index in [-0.39, 0.29) is 11.8 Å². The van der Waals surface area contributed by atoms with Crippen molar-refractivity contribution in [2.75, 3.05) is 45.5 Å². The first-order valence-corrected chi connectivity index (χ1v) is 8.51. The smallest absolute Gasteiger partial charge is 0.215 e. The van der Waals surface area contributed by atoms with Gasteiger partial charge in [-0.3, -0.25) is 0 Å². The second-order valence-electron chi connectivity index (χ2n) is 4.85. The van der Waals surface area contributed by atoms with Crippen LogP contribution in [0.2, 0.25) is 0 Å². The molecule has 1 N–H and O–H groups in total. The minimum atomic E-state index is -3.10. The SMILES string of the molecule is CCNCCS(=O)(=O)N(C)C1CCN(CC)CC1. The van der Waals surface area contributed by atoms with Crippen LogP contribution in [0.15, 0.2) is 0 Å². The Bertz CT molecular complexity index is 324. The van der Waals surface area contributed by atoms with Crippen molar-refractivity contribution in [3.05, 3.63) is 0 Å². The lowest BCUT2D eigenvalue weighted by Gasteiger charge is -2.35. The minimum absolute atomic E-state index is 0.180. The lowest BCUT2D eigenvalue weighted by atomic mass is 10.1. The predicted molar refractivity (Wildman–Crippen MR) is 75.2 cm³/mol. The zero-order valence-electron chi connectivity index (χ0n) is 11.9. The van der Waals surface area contributed by atoms with Crippen LogP contribution in [-0.2, 0) is 10.0 Å². The summed E-state index contributed by atoms with van der Waals surface area (Å²) in [5.41, 5.74) is 0. The Morgan fingerprint density at radius 3 is 2.39 bits per heavy atom. The number of nitrogens with one attached hydrogen (secondary N) is 1. The molecule has 0 aromatic rings. The van der Waals surface area contributed by atoms with Crippen LogP contribution >= 0.6 is 0 Å². The molecule has 0 atom stereocenters. The third-order valence-corrected chi connectivity index (χ3v) is 5.64. The molecule has 1 fully saturated rings. The Kier molecular flexibility index (Phi) is 6.55. The molecule has 0 aromatic carbocycles. The first-order valence-electron chi connectivity index (χ1n) is 6.90. The molecule has 1 saturated heterocycles. The van der Waals surface area contributed by atoms with Crippen LogP contribution in [0.3, 0.4) is 0 Å². The van der Waals surface area contributed by atoms with E-state index in [9.17, 15) is 8.42 Å². The van der Waals surface area contributed by atoms with Crippen LogP contribution < -0.4 is 5.32 Å². The van der Waals surface area contributed by atoms with E-state index in [1.165, 1.54) is 0 Å². The second kappa shape index (κ2) is 7.43. The summed E-state index contributed by atoms with van der Waals surface area (Å²) >= 11 is 0. The molecule has 0 aromatic heterocycles. The summed E-state index contributed by atoms with van der Waals surface area (Å²) in [4.78, 5) is 2.37. The number of rotatable bonds is 7. The number of sulfonamides is 1. The van der Waals surface area contributed by atoms with Gasteiger partial charge in [0.25, 0.3) is 0 Å². The molecule has 0 radical (unpaired) electrons. The quantitative estimate of drug-likeness (QED) is 0.682. The maximum Gasteiger partial charge on any atom is 0.215 e. The van der Waals surface area contributed by atoms with Gasteiger partial charge >= 0.3 is 0 Å². The summed E-state index contributed by atoms with van der Waals surface area (Å²) < 4.78 is 25.9. The highest BCUT2D eigenvalue weighted by atomic mass is 32.2. The monoisotopic (exact) mass is 277 g/mol. The molecule has 5 nitrogen and oxygen atoms in total. The summed E-state index contributed by atoms with van der Waals surface area (Å²) in [5.74, 6) is 0.200. The van der Waals surface area contributed by atoms with E-state index in [1.807, 2.05) is 6.92 Å². The maximum atomic E-state index is 12.1. The molecule has 0 amide bonds. The van der Waals surface area contributed by atoms with Crippen molar-refractivity contribution in [2.24, 2.45) is 0 Å². The average Bonchev–Trinajstić information content (AvgIpc) is 2.38. The number of hydrogen-bond donors (Lipinski definition) is 1. The van der Waals surface area contributed by atoms with Crippen LogP contribution in [0.5, 0.6) is 0 Å². The van der Waals surface area contributed by atoms with E-state index in [2.05, 4.69) is 17.1 Å². The van der Waals surface area contributed by atoms with E-state index in [0.717, 1.165) is 39.0 Å². The van der Waals surface area contributed by atoms with Crippen molar-refractivity contribution < 1.29 is 8.42 Å². The summed E-state index contributed by atoms with van der Waals surface area (Å²) in [7, 11) is -1.37. The van der Waals surface area contributed by atoms with E-state index >= 15 is 0 Å². The largest absolute Gasteiger partial charge is 0.316 e. The van der Waals surface area contributed by atoms with Crippen molar-refractivity contribution in [1.29, 1.82) is 0 Å². The van der Waals surface area contributed by atoms with Gasteiger partial charge in [-0.15, -0.1) is 0 Å². The molecule has 6 heteroatoms. The normalized spacial score (nSPS) is 19.6. The molecule has 18 heavy (non-hydrogen) atoms. The average molecular weight is 277 g/mol. The van der Waals surface area contributed by atoms with E-state index < -0.39 is 10.0 Å². The molecule has 1 rings (SSSR count). The van der Waals surface area contributed by atoms with Crippen molar-refractivity contribution in [3.8, 4) is 0 Å². The van der Waals surface area contributed by atoms with Gasteiger partial charge in [0.05, 0.1) is 5.75 Å². The Balaban J connectivity index is 2.45. The third-order valence-electron chi connectivity index (χ3n) is 3.74. The van der Waals surface area contributed by atoms with Crippen LogP contribution in [0.25, 0.3) is 0 Å². The molecular weight excluding hydrogens is 250 g/mol. The van der Waals surface area contributed by atoms with Gasteiger partial charge < -0.3 is 10.2 Å². The minimum Gasteiger partial charge on any atom is -0.316 e. The van der Waals surface area contributed by atoms with Gasteiger partial charge in [0, 0.05) is 19.6 Å². The maximum absolute atomic E-state index is 12.1. The lowest BCUT2D eigenvalue weighted by Crippen LogP contribution is -2.46. The summed E-state index contributed by atoms with van der Waals surface area (Å²) in [5, 5.41) is 3.06. The van der Waals surface area contributed by atoms with Gasteiger partial charge in [-0.1, -0.05) is 13.8 Å². The molecular formula is C12H27N3O2S. The standard InChI is InChI=1S/C12H27N3O2S/c1-4-13-8-11-18(16,17)14(3)12-6-9-15(5-2)10-7-12/h12-13H,4-11H2,1-3H3. The fourth-order valence-corrected chi connectivity index (χ4v) is 3.70. The van der Waals surface area contributed by atoms with Gasteiger partial charge in [-0.05, 0) is 39.0 Å². The first-order chi connectivity index (χ1) is 8.51. The highest BCUT2D eigenvalue weighted by Crippen LogP contribution is 2.17. The molecule has 0 unspecified atom stereocenters. The number of hydrogen-bond acceptors (Lipinski definition) is 4. The highest BCUT2D eigenvalue weighted by Gasteiger charge is 2.28. The van der Waals surface area contributed by atoms with Gasteiger partial charge in [0.15, 0.2) is 0 Å². The van der Waals surface area contributed by atoms with E-state index in [1.54, 1.807) is 11.4 Å². The van der Waals surface area contributed by atoms with Gasteiger partial charge in [-0.25, -0.2) is 12.7 Å². The molecule has 0 aliphatic carbocycles. The van der Waals surface area contributed by atoms with Crippen molar-refractivity contribution >= 4 is 10.0 Å². The highest BCUT2D eigenvalue weighted by molar-refractivity contribution is 7.89. The Morgan fingerprint density at radius 1 is 1.28 bits per heavy atom. The number of likely N-dealkylation sites (tertiary alicyclic amines) is 1. The lowest BCUT2D eigenvalue weighted by molar-refractivity contribution is 0.176. The van der Waals surface area contributed by atoms with Crippen LogP contribution in [0, 0.1) is 0 Å². The van der Waals surface area contributed by atoms with Crippen molar-refractivity contribution in [1.82, 2.24) is 14.5 Å². The second-order valence-corrected chi connectivity index (χ2v) is 7.00. The van der Waals surface area contributed by atoms with Crippen molar-refractivity contribution in [2.45, 2.75) is 32.7 Å². The van der Waals surface area contributed by atoms with E-state index in [0.29, 0.717) is 6.54 Å². The van der Waals surface area contributed by atoms with Crippen molar-refractivity contribution in [3.63, 3.8) is 0 Å². The number of nitrogens with zero attached hydrogens (tertiary/aromatic N) is 2. The van der Waals surface area contributed by atoms with Crippen LogP contribution in [0.4, 0.5) is 0 Å². The van der Waals surface area contributed by atoms with Gasteiger partial charge in [0.1, 0.15) is 0 Å². The fraction of sp³-hybridized carbons (Fsp3) is 1.00. The summed E-state index contributed by atoms with van der Waals surface area (Å²) in [6.45, 7) is 8.56. The summed E-state index contributed by atoms with van der Waals surface area (Å²) in [6.07, 6.45) is 1.90. The molecule has 108 valence electrons. The van der Waals surface area contributed by atoms with Gasteiger partial charge in [0.2, 0.25) is 10.0 Å². The molecule has 1 aliphatic heterocycles. The first kappa shape index (κ1) is 15.9. The zero-order valence-corrected chi connectivity index (χ0v) is 12.7. The molecule has 0 saturated carbocycles. The Labute approximate surface area is 112 Å². The zero-order chi connectivity index (χ0) is 13.6. The Hall–Kier alpha value is -0.170.